The number of nitrogens with one attached hydrogen (secondary N) is 1. The van der Waals surface area contributed by atoms with E-state index in [1.807, 2.05) is 6.08 Å². The zero-order valence-electron chi connectivity index (χ0n) is 10.2. The summed E-state index contributed by atoms with van der Waals surface area (Å²) in [5.41, 5.74) is 3.18. The largest absolute Gasteiger partial charge is 0.466 e. The molecule has 0 saturated heterocycles. The minimum Gasteiger partial charge on any atom is -0.466 e. The molecule has 1 aliphatic heterocycles. The van der Waals surface area contributed by atoms with E-state index in [2.05, 4.69) is 36.5 Å². The Morgan fingerprint density at radius 3 is 2.71 bits per heavy atom. The number of rotatable bonds is 2. The zero-order valence-corrected chi connectivity index (χ0v) is 10.2. The molecule has 1 unspecified atom stereocenters. The summed E-state index contributed by atoms with van der Waals surface area (Å²) in [6.07, 6.45) is 2.69. The molecule has 1 aromatic rings. The van der Waals surface area contributed by atoms with Crippen molar-refractivity contribution >= 4 is 5.97 Å². The minimum atomic E-state index is -0.219. The predicted molar refractivity (Wildman–Crippen MR) is 66.6 cm³/mol. The monoisotopic (exact) mass is 231 g/mol. The Balaban J connectivity index is 2.21. The number of hydrogen-bond donors (Lipinski definition) is 1. The molecule has 1 atom stereocenters. The lowest BCUT2D eigenvalue weighted by molar-refractivity contribution is -0.136. The Morgan fingerprint density at radius 2 is 2.06 bits per heavy atom. The number of carbonyl (C=O) groups is 1. The maximum Gasteiger partial charge on any atom is 0.333 e. The number of aryl methyl sites for hydroxylation is 1. The molecular formula is C14H17NO2. The summed E-state index contributed by atoms with van der Waals surface area (Å²) in [7, 11) is 1.42. The summed E-state index contributed by atoms with van der Waals surface area (Å²) in [5.74, 6) is -0.219. The molecule has 0 amide bonds. The molecule has 90 valence electrons. The Labute approximate surface area is 101 Å². The van der Waals surface area contributed by atoms with Crippen molar-refractivity contribution < 1.29 is 9.53 Å². The standard InChI is InChI=1S/C14H17NO2/c1-10-3-5-11(6-4-10)13-9-12(7-8-15-13)14(16)17-2/h3-6,9,13,15H,7-8H2,1-2H3. The van der Waals surface area contributed by atoms with Crippen LogP contribution in [-0.2, 0) is 9.53 Å². The first kappa shape index (κ1) is 11.9. The number of carbonyl (C=O) groups excluding carboxylic acids is 1. The number of hydrogen-bond acceptors (Lipinski definition) is 3. The van der Waals surface area contributed by atoms with E-state index in [0.29, 0.717) is 0 Å². The third-order valence-electron chi connectivity index (χ3n) is 3.01. The average Bonchev–Trinajstić information content (AvgIpc) is 2.39. The van der Waals surface area contributed by atoms with Crippen molar-refractivity contribution in [3.8, 4) is 0 Å². The Hall–Kier alpha value is -1.61. The van der Waals surface area contributed by atoms with Crippen LogP contribution in [0.5, 0.6) is 0 Å². The molecule has 0 saturated carbocycles. The molecule has 2 rings (SSSR count). The summed E-state index contributed by atoms with van der Waals surface area (Å²) in [6.45, 7) is 2.87. The molecule has 17 heavy (non-hydrogen) atoms. The minimum absolute atomic E-state index is 0.110. The van der Waals surface area contributed by atoms with Crippen molar-refractivity contribution in [2.75, 3.05) is 13.7 Å². The van der Waals surface area contributed by atoms with Gasteiger partial charge in [0, 0.05) is 12.1 Å². The second-order valence-electron chi connectivity index (χ2n) is 4.28. The van der Waals surface area contributed by atoms with E-state index >= 15 is 0 Å². The van der Waals surface area contributed by atoms with Crippen LogP contribution in [0.15, 0.2) is 35.9 Å². The number of methoxy groups -OCH3 is 1. The lowest BCUT2D eigenvalue weighted by atomic mass is 9.98. The number of esters is 1. The third-order valence-corrected chi connectivity index (χ3v) is 3.01. The third kappa shape index (κ3) is 2.74. The van der Waals surface area contributed by atoms with E-state index in [4.69, 9.17) is 4.74 Å². The van der Waals surface area contributed by atoms with E-state index in [1.54, 1.807) is 0 Å². The Kier molecular flexibility index (Phi) is 3.59. The van der Waals surface area contributed by atoms with E-state index in [9.17, 15) is 4.79 Å². The highest BCUT2D eigenvalue weighted by atomic mass is 16.5. The van der Waals surface area contributed by atoms with Crippen molar-refractivity contribution in [2.24, 2.45) is 0 Å². The van der Waals surface area contributed by atoms with Gasteiger partial charge in [-0.05, 0) is 18.9 Å². The van der Waals surface area contributed by atoms with Gasteiger partial charge < -0.3 is 10.1 Å². The van der Waals surface area contributed by atoms with Crippen molar-refractivity contribution in [2.45, 2.75) is 19.4 Å². The molecule has 1 N–H and O–H groups in total. The maximum absolute atomic E-state index is 11.5. The molecule has 3 heteroatoms. The zero-order chi connectivity index (χ0) is 12.3. The van der Waals surface area contributed by atoms with Gasteiger partial charge in [-0.15, -0.1) is 0 Å². The van der Waals surface area contributed by atoms with Gasteiger partial charge in [0.1, 0.15) is 0 Å². The second kappa shape index (κ2) is 5.15. The summed E-state index contributed by atoms with van der Waals surface area (Å²) in [6, 6.07) is 8.44. The van der Waals surface area contributed by atoms with Gasteiger partial charge in [0.15, 0.2) is 0 Å². The first-order chi connectivity index (χ1) is 8.20. The first-order valence-corrected chi connectivity index (χ1v) is 5.79. The molecule has 0 fully saturated rings. The van der Waals surface area contributed by atoms with Crippen LogP contribution in [0.3, 0.4) is 0 Å². The quantitative estimate of drug-likeness (QED) is 0.792. The molecule has 0 aliphatic carbocycles. The molecule has 1 heterocycles. The highest BCUT2D eigenvalue weighted by Gasteiger charge is 2.19. The molecule has 0 radical (unpaired) electrons. The molecule has 3 nitrogen and oxygen atoms in total. The number of benzene rings is 1. The van der Waals surface area contributed by atoms with Gasteiger partial charge in [-0.25, -0.2) is 4.79 Å². The Bertz CT molecular complexity index is 434. The van der Waals surface area contributed by atoms with Gasteiger partial charge in [0.2, 0.25) is 0 Å². The fourth-order valence-electron chi connectivity index (χ4n) is 1.99. The van der Waals surface area contributed by atoms with E-state index in [-0.39, 0.29) is 12.0 Å². The van der Waals surface area contributed by atoms with E-state index in [0.717, 1.165) is 18.5 Å². The van der Waals surface area contributed by atoms with Gasteiger partial charge in [-0.3, -0.25) is 0 Å². The summed E-state index contributed by atoms with van der Waals surface area (Å²) < 4.78 is 4.76. The maximum atomic E-state index is 11.5. The smallest absolute Gasteiger partial charge is 0.333 e. The van der Waals surface area contributed by atoms with E-state index in [1.165, 1.54) is 18.2 Å². The SMILES string of the molecule is COC(=O)C1=CC(c2ccc(C)cc2)NCC1. The predicted octanol–water partition coefficient (Wildman–Crippen LogP) is 2.13. The van der Waals surface area contributed by atoms with Crippen LogP contribution in [0.4, 0.5) is 0 Å². The molecule has 1 aliphatic rings. The molecular weight excluding hydrogens is 214 g/mol. The van der Waals surface area contributed by atoms with Crippen molar-refractivity contribution in [1.82, 2.24) is 5.32 Å². The van der Waals surface area contributed by atoms with Crippen molar-refractivity contribution in [3.05, 3.63) is 47.0 Å². The van der Waals surface area contributed by atoms with Crippen LogP contribution in [-0.4, -0.2) is 19.6 Å². The fraction of sp³-hybridized carbons (Fsp3) is 0.357. The van der Waals surface area contributed by atoms with Crippen molar-refractivity contribution in [1.29, 1.82) is 0 Å². The lowest BCUT2D eigenvalue weighted by Crippen LogP contribution is -2.27. The topological polar surface area (TPSA) is 38.3 Å². The molecule has 0 bridgehead atoms. The Morgan fingerprint density at radius 1 is 1.35 bits per heavy atom. The number of ether oxygens (including phenoxy) is 1. The van der Waals surface area contributed by atoms with Crippen LogP contribution in [0.2, 0.25) is 0 Å². The van der Waals surface area contributed by atoms with Gasteiger partial charge in [0.05, 0.1) is 13.2 Å². The molecule has 0 spiro atoms. The van der Waals surface area contributed by atoms with Gasteiger partial charge in [0.25, 0.3) is 0 Å². The van der Waals surface area contributed by atoms with Crippen LogP contribution in [0.1, 0.15) is 23.6 Å². The molecule has 0 aromatic heterocycles. The van der Waals surface area contributed by atoms with Crippen molar-refractivity contribution in [3.63, 3.8) is 0 Å². The van der Waals surface area contributed by atoms with Crippen LogP contribution >= 0.6 is 0 Å². The summed E-state index contributed by atoms with van der Waals surface area (Å²) >= 11 is 0. The van der Waals surface area contributed by atoms with Gasteiger partial charge >= 0.3 is 5.97 Å². The fourth-order valence-corrected chi connectivity index (χ4v) is 1.99. The normalized spacial score (nSPS) is 19.6. The summed E-state index contributed by atoms with van der Waals surface area (Å²) in [5, 5.41) is 3.38. The lowest BCUT2D eigenvalue weighted by Gasteiger charge is -2.22. The second-order valence-corrected chi connectivity index (χ2v) is 4.28. The summed E-state index contributed by atoms with van der Waals surface area (Å²) in [4.78, 5) is 11.5. The van der Waals surface area contributed by atoms with E-state index < -0.39 is 0 Å². The first-order valence-electron chi connectivity index (χ1n) is 5.79. The highest BCUT2D eigenvalue weighted by Crippen LogP contribution is 2.22. The van der Waals surface area contributed by atoms with Crippen LogP contribution in [0.25, 0.3) is 0 Å². The van der Waals surface area contributed by atoms with Crippen LogP contribution < -0.4 is 5.32 Å². The van der Waals surface area contributed by atoms with Gasteiger partial charge in [-0.1, -0.05) is 35.9 Å². The average molecular weight is 231 g/mol. The highest BCUT2D eigenvalue weighted by molar-refractivity contribution is 5.88. The molecule has 1 aromatic carbocycles. The van der Waals surface area contributed by atoms with Gasteiger partial charge in [-0.2, -0.15) is 0 Å². The van der Waals surface area contributed by atoms with Crippen LogP contribution in [0, 0.1) is 6.92 Å².